The van der Waals surface area contributed by atoms with Gasteiger partial charge in [0.15, 0.2) is 0 Å². The molecule has 1 aromatic carbocycles. The third-order valence-corrected chi connectivity index (χ3v) is 3.90. The number of carbonyl (C=O) groups excluding carboxylic acids is 1. The highest BCUT2D eigenvalue weighted by atomic mass is 16.5. The minimum absolute atomic E-state index is 0.164. The third kappa shape index (κ3) is 2.61. The second-order valence-corrected chi connectivity index (χ2v) is 5.32. The molecule has 0 N–H and O–H groups in total. The standard InChI is InChI=1S/C17H17NO5/c1-10(19)22-9-14-12(8-21-3)17-11-4-7-16(20)23-15(11)6-5-13(17)18(14)2/h4-7H,8-9H2,1-3H3. The first-order valence-electron chi connectivity index (χ1n) is 7.18. The van der Waals surface area contributed by atoms with Gasteiger partial charge in [-0.2, -0.15) is 0 Å². The van der Waals surface area contributed by atoms with E-state index in [2.05, 4.69) is 0 Å². The normalized spacial score (nSPS) is 11.3. The van der Waals surface area contributed by atoms with E-state index in [9.17, 15) is 9.59 Å². The van der Waals surface area contributed by atoms with Gasteiger partial charge in [0.2, 0.25) is 0 Å². The van der Waals surface area contributed by atoms with Gasteiger partial charge in [-0.25, -0.2) is 4.79 Å². The molecule has 0 saturated heterocycles. The molecule has 3 rings (SSSR count). The van der Waals surface area contributed by atoms with Crippen molar-refractivity contribution in [2.75, 3.05) is 7.11 Å². The number of benzene rings is 1. The lowest BCUT2D eigenvalue weighted by Crippen LogP contribution is -2.06. The van der Waals surface area contributed by atoms with Crippen molar-refractivity contribution in [2.24, 2.45) is 7.05 Å². The Labute approximate surface area is 132 Å². The molecule has 0 saturated carbocycles. The zero-order valence-electron chi connectivity index (χ0n) is 13.2. The number of ether oxygens (including phenoxy) is 2. The summed E-state index contributed by atoms with van der Waals surface area (Å²) in [5.74, 6) is -0.338. The van der Waals surface area contributed by atoms with Gasteiger partial charge in [-0.3, -0.25) is 4.79 Å². The number of hydrogen-bond acceptors (Lipinski definition) is 5. The molecule has 2 aromatic heterocycles. The number of aryl methyl sites for hydroxylation is 1. The highest BCUT2D eigenvalue weighted by molar-refractivity contribution is 6.07. The van der Waals surface area contributed by atoms with E-state index in [1.54, 1.807) is 19.2 Å². The van der Waals surface area contributed by atoms with Crippen molar-refractivity contribution in [1.29, 1.82) is 0 Å². The molecule has 120 valence electrons. The van der Waals surface area contributed by atoms with Gasteiger partial charge in [0.25, 0.3) is 0 Å². The Kier molecular flexibility index (Phi) is 3.92. The van der Waals surface area contributed by atoms with Gasteiger partial charge in [0, 0.05) is 49.0 Å². The first-order valence-corrected chi connectivity index (χ1v) is 7.18. The lowest BCUT2D eigenvalue weighted by Gasteiger charge is -2.07. The molecule has 6 nitrogen and oxygen atoms in total. The van der Waals surface area contributed by atoms with E-state index in [1.165, 1.54) is 13.0 Å². The maximum atomic E-state index is 11.4. The summed E-state index contributed by atoms with van der Waals surface area (Å²) in [5.41, 5.74) is 2.87. The van der Waals surface area contributed by atoms with Crippen LogP contribution >= 0.6 is 0 Å². The van der Waals surface area contributed by atoms with Crippen LogP contribution in [0.4, 0.5) is 0 Å². The predicted molar refractivity (Wildman–Crippen MR) is 85.1 cm³/mol. The Bertz CT molecular complexity index is 951. The highest BCUT2D eigenvalue weighted by Crippen LogP contribution is 2.32. The summed E-state index contributed by atoms with van der Waals surface area (Å²) in [7, 11) is 3.52. The Morgan fingerprint density at radius 1 is 1.22 bits per heavy atom. The van der Waals surface area contributed by atoms with Gasteiger partial charge >= 0.3 is 11.6 Å². The van der Waals surface area contributed by atoms with Gasteiger partial charge in [-0.15, -0.1) is 0 Å². The van der Waals surface area contributed by atoms with Gasteiger partial charge in [-0.1, -0.05) is 0 Å². The number of nitrogens with zero attached hydrogens (tertiary/aromatic N) is 1. The van der Waals surface area contributed by atoms with Crippen molar-refractivity contribution in [3.05, 3.63) is 45.9 Å². The van der Waals surface area contributed by atoms with E-state index in [1.807, 2.05) is 17.7 Å². The summed E-state index contributed by atoms with van der Waals surface area (Å²) in [5, 5.41) is 1.77. The topological polar surface area (TPSA) is 70.7 Å². The number of esters is 1. The predicted octanol–water partition coefficient (Wildman–Crippen LogP) is 2.49. The van der Waals surface area contributed by atoms with E-state index >= 15 is 0 Å². The molecule has 3 aromatic rings. The second-order valence-electron chi connectivity index (χ2n) is 5.32. The van der Waals surface area contributed by atoms with Gasteiger partial charge in [-0.05, 0) is 18.2 Å². The van der Waals surface area contributed by atoms with Crippen LogP contribution in [0.2, 0.25) is 0 Å². The number of fused-ring (bicyclic) bond motifs is 3. The van der Waals surface area contributed by atoms with Crippen LogP contribution in [0.3, 0.4) is 0 Å². The summed E-state index contributed by atoms with van der Waals surface area (Å²) in [4.78, 5) is 22.6. The van der Waals surface area contributed by atoms with Crippen LogP contribution in [0.1, 0.15) is 18.2 Å². The van der Waals surface area contributed by atoms with Gasteiger partial charge in [0.1, 0.15) is 12.2 Å². The molecule has 0 aliphatic heterocycles. The number of hydrogen-bond donors (Lipinski definition) is 0. The monoisotopic (exact) mass is 315 g/mol. The van der Waals surface area contributed by atoms with Crippen LogP contribution in [0.5, 0.6) is 0 Å². The average Bonchev–Trinajstić information content (AvgIpc) is 2.78. The summed E-state index contributed by atoms with van der Waals surface area (Å²) >= 11 is 0. The Balaban J connectivity index is 2.33. The molecule has 0 unspecified atom stereocenters. The second kappa shape index (κ2) is 5.89. The molecule has 0 bridgehead atoms. The maximum Gasteiger partial charge on any atom is 0.336 e. The molecule has 0 amide bonds. The van der Waals surface area contributed by atoms with Gasteiger partial charge < -0.3 is 18.5 Å². The van der Waals surface area contributed by atoms with Crippen LogP contribution < -0.4 is 5.63 Å². The molecule has 2 heterocycles. The summed E-state index contributed by atoms with van der Waals surface area (Å²) in [6, 6.07) is 6.80. The molecule has 23 heavy (non-hydrogen) atoms. The first-order chi connectivity index (χ1) is 11.0. The molecule has 0 fully saturated rings. The molecule has 0 atom stereocenters. The van der Waals surface area contributed by atoms with Crippen LogP contribution in [0.15, 0.2) is 33.5 Å². The quantitative estimate of drug-likeness (QED) is 0.546. The summed E-state index contributed by atoms with van der Waals surface area (Å²) in [6.07, 6.45) is 0. The molecular weight excluding hydrogens is 298 g/mol. The Morgan fingerprint density at radius 2 is 2.00 bits per heavy atom. The van der Waals surface area contributed by atoms with Crippen molar-refractivity contribution in [3.8, 4) is 0 Å². The molecule has 0 spiro atoms. The van der Waals surface area contributed by atoms with Gasteiger partial charge in [0.05, 0.1) is 12.3 Å². The van der Waals surface area contributed by atoms with E-state index in [0.29, 0.717) is 12.2 Å². The summed E-state index contributed by atoms with van der Waals surface area (Å²) < 4.78 is 17.7. The van der Waals surface area contributed by atoms with Crippen LogP contribution in [0, 0.1) is 0 Å². The first kappa shape index (κ1) is 15.3. The average molecular weight is 315 g/mol. The minimum Gasteiger partial charge on any atom is -0.459 e. The van der Waals surface area contributed by atoms with Crippen LogP contribution in [-0.2, 0) is 34.5 Å². The minimum atomic E-state index is -0.388. The van der Waals surface area contributed by atoms with Crippen molar-refractivity contribution >= 4 is 27.8 Å². The van der Waals surface area contributed by atoms with E-state index in [4.69, 9.17) is 13.9 Å². The zero-order valence-corrected chi connectivity index (χ0v) is 13.2. The number of aromatic nitrogens is 1. The smallest absolute Gasteiger partial charge is 0.336 e. The van der Waals surface area contributed by atoms with E-state index in [0.717, 1.165) is 27.5 Å². The Morgan fingerprint density at radius 3 is 2.70 bits per heavy atom. The van der Waals surface area contributed by atoms with Crippen molar-refractivity contribution in [3.63, 3.8) is 0 Å². The third-order valence-electron chi connectivity index (χ3n) is 3.90. The SMILES string of the molecule is COCc1c(COC(C)=O)n(C)c2ccc3oc(=O)ccc3c12. The Hall–Kier alpha value is -2.60. The molecule has 6 heteroatoms. The lowest BCUT2D eigenvalue weighted by molar-refractivity contribution is -0.142. The largest absolute Gasteiger partial charge is 0.459 e. The van der Waals surface area contributed by atoms with E-state index in [-0.39, 0.29) is 18.2 Å². The summed E-state index contributed by atoms with van der Waals surface area (Å²) in [6.45, 7) is 1.91. The highest BCUT2D eigenvalue weighted by Gasteiger charge is 2.18. The molecule has 0 aliphatic rings. The molecule has 0 radical (unpaired) electrons. The lowest BCUT2D eigenvalue weighted by atomic mass is 10.1. The fraction of sp³-hybridized carbons (Fsp3) is 0.294. The number of carbonyl (C=O) groups is 1. The van der Waals surface area contributed by atoms with E-state index < -0.39 is 0 Å². The fourth-order valence-corrected chi connectivity index (χ4v) is 2.88. The number of rotatable bonds is 4. The van der Waals surface area contributed by atoms with Crippen molar-refractivity contribution in [1.82, 2.24) is 4.57 Å². The van der Waals surface area contributed by atoms with Crippen LogP contribution in [0.25, 0.3) is 21.9 Å². The van der Waals surface area contributed by atoms with Crippen molar-refractivity contribution < 1.29 is 18.7 Å². The molecule has 0 aliphatic carbocycles. The molecular formula is C17H17NO5. The maximum absolute atomic E-state index is 11.4. The number of methoxy groups -OCH3 is 1. The van der Waals surface area contributed by atoms with Crippen LogP contribution in [-0.4, -0.2) is 17.6 Å². The van der Waals surface area contributed by atoms with Crippen molar-refractivity contribution in [2.45, 2.75) is 20.1 Å². The zero-order chi connectivity index (χ0) is 16.6. The fourth-order valence-electron chi connectivity index (χ4n) is 2.88.